The van der Waals surface area contributed by atoms with Crippen LogP contribution in [0.3, 0.4) is 0 Å². The number of furan rings is 1. The van der Waals surface area contributed by atoms with Crippen molar-refractivity contribution in [3.05, 3.63) is 94.5 Å². The van der Waals surface area contributed by atoms with Gasteiger partial charge in [-0.2, -0.15) is 5.10 Å². The standard InChI is InChI=1S/C25H20ClN3O3/c1-15-5-7-16(8-6-15)21-14-22(29(28-21)25(30)23-4-3-11-32-23)19-13-17-12-18(31-2)9-10-20(17)27-24(19)26/h3-13,22H,14H2,1-2H3/t22-/m1/s1. The fourth-order valence-electron chi connectivity index (χ4n) is 3.88. The molecule has 0 saturated heterocycles. The van der Waals surface area contributed by atoms with Gasteiger partial charge in [-0.1, -0.05) is 41.4 Å². The monoisotopic (exact) mass is 445 g/mol. The maximum absolute atomic E-state index is 13.2. The number of carbonyl (C=O) groups is 1. The first-order valence-corrected chi connectivity index (χ1v) is 10.6. The topological polar surface area (TPSA) is 67.9 Å². The Morgan fingerprint density at radius 3 is 2.69 bits per heavy atom. The molecule has 0 N–H and O–H groups in total. The number of pyridine rings is 1. The van der Waals surface area contributed by atoms with Gasteiger partial charge in [0, 0.05) is 17.4 Å². The molecule has 0 fully saturated rings. The van der Waals surface area contributed by atoms with Crippen molar-refractivity contribution < 1.29 is 13.9 Å². The van der Waals surface area contributed by atoms with Crippen LogP contribution in [0.25, 0.3) is 10.9 Å². The molecule has 7 heteroatoms. The number of hydrogen-bond acceptors (Lipinski definition) is 5. The number of aryl methyl sites for hydroxylation is 1. The first kappa shape index (κ1) is 20.3. The summed E-state index contributed by atoms with van der Waals surface area (Å²) in [6, 6.07) is 18.5. The first-order valence-electron chi connectivity index (χ1n) is 10.2. The van der Waals surface area contributed by atoms with Crippen molar-refractivity contribution in [3.63, 3.8) is 0 Å². The van der Waals surface area contributed by atoms with Gasteiger partial charge in [0.25, 0.3) is 0 Å². The summed E-state index contributed by atoms with van der Waals surface area (Å²) in [6.45, 7) is 2.03. The molecule has 0 spiro atoms. The molecule has 1 amide bonds. The Morgan fingerprint density at radius 2 is 1.97 bits per heavy atom. The fraction of sp³-hybridized carbons (Fsp3) is 0.160. The van der Waals surface area contributed by atoms with E-state index in [-0.39, 0.29) is 11.7 Å². The smallest absolute Gasteiger partial charge is 0.310 e. The summed E-state index contributed by atoms with van der Waals surface area (Å²) in [5.74, 6) is 0.610. The summed E-state index contributed by atoms with van der Waals surface area (Å²) in [5, 5.41) is 7.34. The van der Waals surface area contributed by atoms with Crippen molar-refractivity contribution in [2.24, 2.45) is 5.10 Å². The second kappa shape index (κ2) is 8.13. The Balaban J connectivity index is 1.60. The molecule has 1 aliphatic heterocycles. The van der Waals surface area contributed by atoms with Crippen LogP contribution in [-0.2, 0) is 0 Å². The Hall–Kier alpha value is -3.64. The summed E-state index contributed by atoms with van der Waals surface area (Å²) in [5.41, 5.74) is 4.39. The third kappa shape index (κ3) is 3.63. The molecule has 2 aromatic carbocycles. The Kier molecular flexibility index (Phi) is 5.15. The van der Waals surface area contributed by atoms with Gasteiger partial charge < -0.3 is 9.15 Å². The largest absolute Gasteiger partial charge is 0.497 e. The van der Waals surface area contributed by atoms with Crippen molar-refractivity contribution >= 4 is 34.1 Å². The molecular formula is C25H20ClN3O3. The highest BCUT2D eigenvalue weighted by molar-refractivity contribution is 6.30. The van der Waals surface area contributed by atoms with Crippen LogP contribution in [0.15, 0.2) is 76.4 Å². The zero-order valence-corrected chi connectivity index (χ0v) is 18.3. The van der Waals surface area contributed by atoms with Crippen molar-refractivity contribution in [2.45, 2.75) is 19.4 Å². The summed E-state index contributed by atoms with van der Waals surface area (Å²) in [7, 11) is 1.62. The number of hydrazone groups is 1. The lowest BCUT2D eigenvalue weighted by atomic mass is 9.98. The van der Waals surface area contributed by atoms with Crippen LogP contribution < -0.4 is 4.74 Å². The van der Waals surface area contributed by atoms with E-state index < -0.39 is 6.04 Å². The van der Waals surface area contributed by atoms with E-state index in [0.717, 1.165) is 39.1 Å². The fourth-order valence-corrected chi connectivity index (χ4v) is 4.15. The van der Waals surface area contributed by atoms with Gasteiger partial charge in [0.1, 0.15) is 10.9 Å². The van der Waals surface area contributed by atoms with E-state index in [9.17, 15) is 4.79 Å². The maximum atomic E-state index is 13.2. The molecule has 32 heavy (non-hydrogen) atoms. The highest BCUT2D eigenvalue weighted by atomic mass is 35.5. The summed E-state index contributed by atoms with van der Waals surface area (Å²) in [4.78, 5) is 17.8. The van der Waals surface area contributed by atoms with Crippen LogP contribution >= 0.6 is 11.6 Å². The summed E-state index contributed by atoms with van der Waals surface area (Å²) >= 11 is 6.61. The van der Waals surface area contributed by atoms with E-state index in [4.69, 9.17) is 20.8 Å². The Morgan fingerprint density at radius 1 is 1.16 bits per heavy atom. The minimum absolute atomic E-state index is 0.218. The summed E-state index contributed by atoms with van der Waals surface area (Å²) in [6.07, 6.45) is 1.98. The zero-order chi connectivity index (χ0) is 22.2. The van der Waals surface area contributed by atoms with Crippen LogP contribution in [0.4, 0.5) is 0 Å². The zero-order valence-electron chi connectivity index (χ0n) is 17.6. The molecule has 0 unspecified atom stereocenters. The molecule has 4 aromatic rings. The van der Waals surface area contributed by atoms with Crippen LogP contribution in [0.1, 0.15) is 39.7 Å². The number of carbonyl (C=O) groups excluding carboxylic acids is 1. The van der Waals surface area contributed by atoms with E-state index in [1.54, 1.807) is 19.2 Å². The van der Waals surface area contributed by atoms with Crippen molar-refractivity contribution in [1.29, 1.82) is 0 Å². The number of halogens is 1. The Labute approximate surface area is 190 Å². The predicted molar refractivity (Wildman–Crippen MR) is 123 cm³/mol. The first-order chi connectivity index (χ1) is 15.5. The molecule has 0 aliphatic carbocycles. The van der Waals surface area contributed by atoms with Crippen LogP contribution in [-0.4, -0.2) is 28.7 Å². The quantitative estimate of drug-likeness (QED) is 0.373. The lowest BCUT2D eigenvalue weighted by Gasteiger charge is -2.22. The van der Waals surface area contributed by atoms with Gasteiger partial charge in [0.05, 0.1) is 30.6 Å². The normalized spacial score (nSPS) is 15.8. The van der Waals surface area contributed by atoms with Crippen LogP contribution in [0, 0.1) is 6.92 Å². The number of hydrogen-bond donors (Lipinski definition) is 0. The van der Waals surface area contributed by atoms with Gasteiger partial charge in [-0.25, -0.2) is 9.99 Å². The lowest BCUT2D eigenvalue weighted by molar-refractivity contribution is 0.0678. The number of nitrogens with zero attached hydrogens (tertiary/aromatic N) is 3. The highest BCUT2D eigenvalue weighted by Crippen LogP contribution is 2.38. The SMILES string of the molecule is COc1ccc2nc(Cl)c([C@H]3CC(c4ccc(C)cc4)=NN3C(=O)c3ccco3)cc2c1. The third-order valence-corrected chi connectivity index (χ3v) is 5.90. The van der Waals surface area contributed by atoms with E-state index >= 15 is 0 Å². The Bertz CT molecular complexity index is 1330. The second-order valence-corrected chi connectivity index (χ2v) is 8.04. The molecule has 0 bridgehead atoms. The molecule has 3 heterocycles. The number of fused-ring (bicyclic) bond motifs is 1. The summed E-state index contributed by atoms with van der Waals surface area (Å²) < 4.78 is 10.7. The van der Waals surface area contributed by atoms with E-state index in [1.807, 2.05) is 55.5 Å². The number of methoxy groups -OCH3 is 1. The van der Waals surface area contributed by atoms with Gasteiger partial charge in [-0.05, 0) is 48.9 Å². The van der Waals surface area contributed by atoms with Crippen molar-refractivity contribution in [3.8, 4) is 5.75 Å². The second-order valence-electron chi connectivity index (χ2n) is 7.69. The average Bonchev–Trinajstić information content (AvgIpc) is 3.49. The number of aromatic nitrogens is 1. The molecular weight excluding hydrogens is 426 g/mol. The minimum atomic E-state index is -0.417. The minimum Gasteiger partial charge on any atom is -0.497 e. The molecule has 160 valence electrons. The number of rotatable bonds is 4. The molecule has 5 rings (SSSR count). The van der Waals surface area contributed by atoms with Crippen LogP contribution in [0.2, 0.25) is 5.15 Å². The van der Waals surface area contributed by atoms with Gasteiger partial charge in [0.2, 0.25) is 0 Å². The lowest BCUT2D eigenvalue weighted by Crippen LogP contribution is -2.27. The van der Waals surface area contributed by atoms with Gasteiger partial charge in [-0.15, -0.1) is 0 Å². The number of amides is 1. The molecule has 1 atom stereocenters. The molecule has 1 aliphatic rings. The molecule has 6 nitrogen and oxygen atoms in total. The average molecular weight is 446 g/mol. The van der Waals surface area contributed by atoms with Crippen molar-refractivity contribution in [2.75, 3.05) is 7.11 Å². The van der Waals surface area contributed by atoms with Crippen LogP contribution in [0.5, 0.6) is 5.75 Å². The van der Waals surface area contributed by atoms with E-state index in [2.05, 4.69) is 10.1 Å². The van der Waals surface area contributed by atoms with Crippen molar-refractivity contribution in [1.82, 2.24) is 9.99 Å². The number of ether oxygens (including phenoxy) is 1. The molecule has 0 saturated carbocycles. The van der Waals surface area contributed by atoms with Gasteiger partial charge >= 0.3 is 5.91 Å². The third-order valence-electron chi connectivity index (χ3n) is 5.60. The highest BCUT2D eigenvalue weighted by Gasteiger charge is 2.36. The van der Waals surface area contributed by atoms with E-state index in [1.165, 1.54) is 11.3 Å². The van der Waals surface area contributed by atoms with E-state index in [0.29, 0.717) is 11.6 Å². The molecule has 0 radical (unpaired) electrons. The number of benzene rings is 2. The van der Waals surface area contributed by atoms with Gasteiger partial charge in [0.15, 0.2) is 5.76 Å². The molecule has 2 aromatic heterocycles. The van der Waals surface area contributed by atoms with Gasteiger partial charge in [-0.3, -0.25) is 4.79 Å². The predicted octanol–water partition coefficient (Wildman–Crippen LogP) is 5.79. The maximum Gasteiger partial charge on any atom is 0.310 e.